The van der Waals surface area contributed by atoms with Crippen LogP contribution < -0.4 is 5.73 Å². The van der Waals surface area contributed by atoms with Crippen molar-refractivity contribution in [1.82, 2.24) is 4.90 Å². The number of nitrogens with two attached hydrogens (primary N) is 1. The van der Waals surface area contributed by atoms with Crippen LogP contribution in [0.2, 0.25) is 0 Å². The molecule has 2 unspecified atom stereocenters. The lowest BCUT2D eigenvalue weighted by Gasteiger charge is -2.44. The monoisotopic (exact) mass is 254 g/mol. The number of rotatable bonds is 6. The highest BCUT2D eigenvalue weighted by atomic mass is 15.2. The summed E-state index contributed by atoms with van der Waals surface area (Å²) in [6.07, 6.45) is 5.64. The zero-order chi connectivity index (χ0) is 13.8. The van der Waals surface area contributed by atoms with Crippen molar-refractivity contribution >= 4 is 0 Å². The quantitative estimate of drug-likeness (QED) is 0.786. The van der Waals surface area contributed by atoms with E-state index < -0.39 is 0 Å². The second-order valence-corrected chi connectivity index (χ2v) is 7.19. The lowest BCUT2D eigenvalue weighted by atomic mass is 9.76. The molecule has 0 aromatic rings. The Labute approximate surface area is 114 Å². The maximum absolute atomic E-state index is 5.91. The van der Waals surface area contributed by atoms with E-state index in [1.165, 1.54) is 25.7 Å². The summed E-state index contributed by atoms with van der Waals surface area (Å²) in [4.78, 5) is 2.71. The molecule has 0 heterocycles. The second kappa shape index (κ2) is 6.91. The van der Waals surface area contributed by atoms with Gasteiger partial charge in [0.25, 0.3) is 0 Å². The first kappa shape index (κ1) is 16.0. The molecule has 0 spiro atoms. The summed E-state index contributed by atoms with van der Waals surface area (Å²) in [5.74, 6) is 1.69. The third-order valence-electron chi connectivity index (χ3n) is 4.70. The first-order valence-corrected chi connectivity index (χ1v) is 7.85. The van der Waals surface area contributed by atoms with Crippen molar-refractivity contribution in [2.45, 2.75) is 66.3 Å². The van der Waals surface area contributed by atoms with Gasteiger partial charge in [0.2, 0.25) is 0 Å². The van der Waals surface area contributed by atoms with Crippen LogP contribution in [0, 0.1) is 17.3 Å². The van der Waals surface area contributed by atoms with Crippen molar-refractivity contribution in [1.29, 1.82) is 0 Å². The fraction of sp³-hybridized carbons (Fsp3) is 1.00. The number of hydrogen-bond acceptors (Lipinski definition) is 2. The Morgan fingerprint density at radius 2 is 1.83 bits per heavy atom. The Balaban J connectivity index is 2.72. The van der Waals surface area contributed by atoms with Gasteiger partial charge in [-0.05, 0) is 43.2 Å². The Hall–Kier alpha value is -0.0800. The molecule has 2 N–H and O–H groups in total. The largest absolute Gasteiger partial charge is 0.330 e. The van der Waals surface area contributed by atoms with Gasteiger partial charge in [-0.25, -0.2) is 0 Å². The molecule has 0 amide bonds. The van der Waals surface area contributed by atoms with Crippen molar-refractivity contribution in [3.05, 3.63) is 0 Å². The molecule has 0 saturated heterocycles. The van der Waals surface area contributed by atoms with Crippen LogP contribution in [0.15, 0.2) is 0 Å². The molecule has 0 aliphatic heterocycles. The van der Waals surface area contributed by atoms with Crippen LogP contribution in [-0.4, -0.2) is 30.6 Å². The second-order valence-electron chi connectivity index (χ2n) is 7.19. The highest BCUT2D eigenvalue weighted by Gasteiger charge is 2.33. The predicted octanol–water partition coefficient (Wildman–Crippen LogP) is 3.51. The van der Waals surface area contributed by atoms with Crippen molar-refractivity contribution in [3.8, 4) is 0 Å². The van der Waals surface area contributed by atoms with Crippen LogP contribution in [-0.2, 0) is 0 Å². The molecule has 0 aromatic carbocycles. The lowest BCUT2D eigenvalue weighted by molar-refractivity contribution is 0.0546. The summed E-state index contributed by atoms with van der Waals surface area (Å²) in [5.41, 5.74) is 6.15. The van der Waals surface area contributed by atoms with Crippen molar-refractivity contribution in [2.75, 3.05) is 19.6 Å². The van der Waals surface area contributed by atoms with Gasteiger partial charge in [-0.2, -0.15) is 0 Å². The van der Waals surface area contributed by atoms with Gasteiger partial charge >= 0.3 is 0 Å². The minimum atomic E-state index is 0.245. The Kier molecular flexibility index (Phi) is 6.13. The first-order valence-electron chi connectivity index (χ1n) is 7.85. The zero-order valence-electron chi connectivity index (χ0n) is 13.2. The van der Waals surface area contributed by atoms with Crippen LogP contribution >= 0.6 is 0 Å². The molecule has 0 bridgehead atoms. The van der Waals surface area contributed by atoms with Gasteiger partial charge in [0, 0.05) is 12.6 Å². The van der Waals surface area contributed by atoms with Crippen LogP contribution in [0.5, 0.6) is 0 Å². The zero-order valence-corrected chi connectivity index (χ0v) is 13.2. The van der Waals surface area contributed by atoms with E-state index in [0.29, 0.717) is 0 Å². The van der Waals surface area contributed by atoms with Gasteiger partial charge in [0.1, 0.15) is 0 Å². The van der Waals surface area contributed by atoms with Crippen molar-refractivity contribution < 1.29 is 0 Å². The maximum atomic E-state index is 5.91. The standard InChI is InChI=1S/C16H34N2/c1-6-18(12-16(4,5)11-17)15-10-8-7-9-14(15)13(2)3/h13-15H,6-12,17H2,1-5H3. The van der Waals surface area contributed by atoms with E-state index in [0.717, 1.165) is 37.5 Å². The van der Waals surface area contributed by atoms with E-state index >= 15 is 0 Å². The SMILES string of the molecule is CCN(CC(C)(C)CN)C1CCCCC1C(C)C. The topological polar surface area (TPSA) is 29.3 Å². The Bertz CT molecular complexity index is 235. The fourth-order valence-corrected chi connectivity index (χ4v) is 3.45. The van der Waals surface area contributed by atoms with E-state index in [2.05, 4.69) is 39.5 Å². The highest BCUT2D eigenvalue weighted by molar-refractivity contribution is 4.87. The normalized spacial score (nSPS) is 26.0. The van der Waals surface area contributed by atoms with Crippen molar-refractivity contribution in [2.24, 2.45) is 23.0 Å². The van der Waals surface area contributed by atoms with Gasteiger partial charge in [-0.15, -0.1) is 0 Å². The van der Waals surface area contributed by atoms with E-state index in [1.807, 2.05) is 0 Å². The minimum absolute atomic E-state index is 0.245. The summed E-state index contributed by atoms with van der Waals surface area (Å²) < 4.78 is 0. The average Bonchev–Trinajstić information content (AvgIpc) is 2.36. The molecule has 1 aliphatic carbocycles. The van der Waals surface area contributed by atoms with Crippen LogP contribution in [0.1, 0.15) is 60.3 Å². The summed E-state index contributed by atoms with van der Waals surface area (Å²) in [6, 6.07) is 0.787. The van der Waals surface area contributed by atoms with Gasteiger partial charge in [-0.3, -0.25) is 4.90 Å². The molecule has 108 valence electrons. The maximum Gasteiger partial charge on any atom is 0.0126 e. The van der Waals surface area contributed by atoms with Gasteiger partial charge < -0.3 is 5.73 Å². The van der Waals surface area contributed by atoms with E-state index in [4.69, 9.17) is 5.73 Å². The third kappa shape index (κ3) is 4.24. The average molecular weight is 254 g/mol. The van der Waals surface area contributed by atoms with Crippen LogP contribution in [0.3, 0.4) is 0 Å². The number of hydrogen-bond donors (Lipinski definition) is 1. The molecule has 0 aromatic heterocycles. The molecule has 1 fully saturated rings. The molecule has 1 aliphatic rings. The predicted molar refractivity (Wildman–Crippen MR) is 80.7 cm³/mol. The molecule has 18 heavy (non-hydrogen) atoms. The molecule has 1 saturated carbocycles. The van der Waals surface area contributed by atoms with Gasteiger partial charge in [0.15, 0.2) is 0 Å². The van der Waals surface area contributed by atoms with Gasteiger partial charge in [0.05, 0.1) is 0 Å². The van der Waals surface area contributed by atoms with Crippen LogP contribution in [0.25, 0.3) is 0 Å². The smallest absolute Gasteiger partial charge is 0.0126 e. The molecule has 2 nitrogen and oxygen atoms in total. The van der Waals surface area contributed by atoms with E-state index in [1.54, 1.807) is 0 Å². The third-order valence-corrected chi connectivity index (χ3v) is 4.70. The van der Waals surface area contributed by atoms with E-state index in [-0.39, 0.29) is 5.41 Å². The van der Waals surface area contributed by atoms with E-state index in [9.17, 15) is 0 Å². The minimum Gasteiger partial charge on any atom is -0.330 e. The molecular formula is C16H34N2. The summed E-state index contributed by atoms with van der Waals surface area (Å²) in [6.45, 7) is 14.8. The molecule has 0 radical (unpaired) electrons. The summed E-state index contributed by atoms with van der Waals surface area (Å²) >= 11 is 0. The van der Waals surface area contributed by atoms with Gasteiger partial charge in [-0.1, -0.05) is 47.5 Å². The summed E-state index contributed by atoms with van der Waals surface area (Å²) in [7, 11) is 0. The Morgan fingerprint density at radius 1 is 1.22 bits per heavy atom. The number of nitrogens with zero attached hydrogens (tertiary/aromatic N) is 1. The fourth-order valence-electron chi connectivity index (χ4n) is 3.45. The lowest BCUT2D eigenvalue weighted by Crippen LogP contribution is -2.49. The van der Waals surface area contributed by atoms with Crippen LogP contribution in [0.4, 0.5) is 0 Å². The molecule has 1 rings (SSSR count). The van der Waals surface area contributed by atoms with Crippen molar-refractivity contribution in [3.63, 3.8) is 0 Å². The molecule has 2 heteroatoms. The molecule has 2 atom stereocenters. The highest BCUT2D eigenvalue weighted by Crippen LogP contribution is 2.34. The summed E-state index contributed by atoms with van der Waals surface area (Å²) in [5, 5.41) is 0. The Morgan fingerprint density at radius 3 is 2.33 bits per heavy atom. The first-order chi connectivity index (χ1) is 8.41. The molecular weight excluding hydrogens is 220 g/mol.